The molecule has 0 bridgehead atoms. The van der Waals surface area contributed by atoms with Crippen LogP contribution in [0, 0.1) is 5.92 Å². The first-order chi connectivity index (χ1) is 13.3. The van der Waals surface area contributed by atoms with E-state index < -0.39 is 0 Å². The van der Waals surface area contributed by atoms with Gasteiger partial charge in [-0.2, -0.15) is 0 Å². The van der Waals surface area contributed by atoms with Crippen molar-refractivity contribution in [3.05, 3.63) is 11.2 Å². The molecule has 1 unspecified atom stereocenters. The predicted molar refractivity (Wildman–Crippen MR) is 114 cm³/mol. The van der Waals surface area contributed by atoms with E-state index in [0.29, 0.717) is 48.8 Å². The van der Waals surface area contributed by atoms with E-state index in [2.05, 4.69) is 41.0 Å². The summed E-state index contributed by atoms with van der Waals surface area (Å²) in [7, 11) is 0. The molecular formula is C19H30ClN5O2S. The minimum atomic E-state index is -0.0390. The number of carbonyl (C=O) groups excluding carboxylic acids is 2. The van der Waals surface area contributed by atoms with E-state index in [0.717, 1.165) is 12.2 Å². The van der Waals surface area contributed by atoms with Crippen LogP contribution in [-0.4, -0.2) is 64.7 Å². The number of carbonyl (C=O) groups is 2. The molecule has 0 saturated carbocycles. The van der Waals surface area contributed by atoms with Gasteiger partial charge in [0.2, 0.25) is 11.8 Å². The molecule has 156 valence electrons. The average molecular weight is 428 g/mol. The van der Waals surface area contributed by atoms with Crippen LogP contribution in [0.1, 0.15) is 40.5 Å². The van der Waals surface area contributed by atoms with Crippen molar-refractivity contribution in [3.8, 4) is 0 Å². The Kier molecular flexibility index (Phi) is 8.82. The monoisotopic (exact) mass is 427 g/mol. The lowest BCUT2D eigenvalue weighted by molar-refractivity contribution is -0.134. The molecule has 2 rings (SSSR count). The van der Waals surface area contributed by atoms with Crippen molar-refractivity contribution in [1.82, 2.24) is 20.2 Å². The van der Waals surface area contributed by atoms with Crippen LogP contribution in [0.4, 0.5) is 5.82 Å². The van der Waals surface area contributed by atoms with Crippen LogP contribution < -0.4 is 10.2 Å². The Morgan fingerprint density at radius 2 is 2.11 bits per heavy atom. The van der Waals surface area contributed by atoms with Gasteiger partial charge in [-0.15, -0.1) is 0 Å². The lowest BCUT2D eigenvalue weighted by Gasteiger charge is -2.40. The number of nitrogens with one attached hydrogen (secondary N) is 1. The van der Waals surface area contributed by atoms with Gasteiger partial charge in [-0.05, 0) is 19.3 Å². The van der Waals surface area contributed by atoms with Crippen LogP contribution in [0.5, 0.6) is 0 Å². The van der Waals surface area contributed by atoms with E-state index in [9.17, 15) is 9.59 Å². The Morgan fingerprint density at radius 1 is 1.36 bits per heavy atom. The minimum Gasteiger partial charge on any atom is -0.355 e. The summed E-state index contributed by atoms with van der Waals surface area (Å²) in [4.78, 5) is 37.1. The van der Waals surface area contributed by atoms with Crippen LogP contribution in [0.2, 0.25) is 5.15 Å². The summed E-state index contributed by atoms with van der Waals surface area (Å²) >= 11 is 7.46. The number of aromatic nitrogens is 2. The zero-order valence-electron chi connectivity index (χ0n) is 17.1. The van der Waals surface area contributed by atoms with Gasteiger partial charge in [0.15, 0.2) is 5.16 Å². The Hall–Kier alpha value is -1.54. The van der Waals surface area contributed by atoms with E-state index in [-0.39, 0.29) is 23.6 Å². The Balaban J connectivity index is 1.99. The number of nitrogens with zero attached hydrogens (tertiary/aromatic N) is 4. The van der Waals surface area contributed by atoms with Gasteiger partial charge in [0.05, 0.1) is 5.75 Å². The van der Waals surface area contributed by atoms with Crippen LogP contribution in [0.15, 0.2) is 11.2 Å². The van der Waals surface area contributed by atoms with Gasteiger partial charge in [0.25, 0.3) is 0 Å². The SMILES string of the molecule is CCCNC(=O)CSc1nc(Cl)cc(N2CCN(C(=O)CC(C)C)C(C)C2)n1. The molecular weight excluding hydrogens is 398 g/mol. The second kappa shape index (κ2) is 10.9. The summed E-state index contributed by atoms with van der Waals surface area (Å²) in [6, 6.07) is 1.84. The molecule has 1 atom stereocenters. The number of rotatable bonds is 8. The van der Waals surface area contributed by atoms with Crippen molar-refractivity contribution in [2.24, 2.45) is 5.92 Å². The van der Waals surface area contributed by atoms with Gasteiger partial charge >= 0.3 is 0 Å². The fourth-order valence-corrected chi connectivity index (χ4v) is 3.97. The number of anilines is 1. The van der Waals surface area contributed by atoms with Gasteiger partial charge in [-0.25, -0.2) is 9.97 Å². The zero-order chi connectivity index (χ0) is 20.7. The fraction of sp³-hybridized carbons (Fsp3) is 0.684. The molecule has 0 aromatic carbocycles. The number of hydrogen-bond donors (Lipinski definition) is 1. The molecule has 28 heavy (non-hydrogen) atoms. The molecule has 1 N–H and O–H groups in total. The Morgan fingerprint density at radius 3 is 2.75 bits per heavy atom. The van der Waals surface area contributed by atoms with Crippen LogP contribution in [0.3, 0.4) is 0 Å². The van der Waals surface area contributed by atoms with Gasteiger partial charge in [0.1, 0.15) is 11.0 Å². The third-order valence-corrected chi connectivity index (χ3v) is 5.46. The molecule has 1 aliphatic rings. The number of piperazine rings is 1. The van der Waals surface area contributed by atoms with E-state index in [4.69, 9.17) is 11.6 Å². The smallest absolute Gasteiger partial charge is 0.230 e. The fourth-order valence-electron chi connectivity index (χ4n) is 3.06. The summed E-state index contributed by atoms with van der Waals surface area (Å²) in [5.41, 5.74) is 0. The van der Waals surface area contributed by atoms with Gasteiger partial charge in [0, 0.05) is 44.7 Å². The van der Waals surface area contributed by atoms with Crippen molar-refractivity contribution in [2.45, 2.75) is 51.7 Å². The Bertz CT molecular complexity index is 688. The van der Waals surface area contributed by atoms with Crippen molar-refractivity contribution >= 4 is 41.0 Å². The maximum Gasteiger partial charge on any atom is 0.230 e. The van der Waals surface area contributed by atoms with Crippen molar-refractivity contribution in [1.29, 1.82) is 0 Å². The molecule has 0 aliphatic carbocycles. The Labute approximate surface area is 176 Å². The van der Waals surface area contributed by atoms with Crippen LogP contribution in [-0.2, 0) is 9.59 Å². The van der Waals surface area contributed by atoms with E-state index in [1.807, 2.05) is 11.8 Å². The summed E-state index contributed by atoms with van der Waals surface area (Å²) in [6.45, 7) is 10.9. The molecule has 2 heterocycles. The van der Waals surface area contributed by atoms with Crippen LogP contribution >= 0.6 is 23.4 Å². The molecule has 1 saturated heterocycles. The lowest BCUT2D eigenvalue weighted by Crippen LogP contribution is -2.54. The minimum absolute atomic E-state index is 0.0390. The first-order valence-corrected chi connectivity index (χ1v) is 11.1. The second-order valence-electron chi connectivity index (χ2n) is 7.45. The molecule has 7 nitrogen and oxygen atoms in total. The number of halogens is 1. The topological polar surface area (TPSA) is 78.4 Å². The normalized spacial score (nSPS) is 17.1. The van der Waals surface area contributed by atoms with Crippen molar-refractivity contribution in [2.75, 3.05) is 36.8 Å². The van der Waals surface area contributed by atoms with Crippen molar-refractivity contribution in [3.63, 3.8) is 0 Å². The summed E-state index contributed by atoms with van der Waals surface area (Å²) in [5, 5.41) is 3.67. The maximum atomic E-state index is 12.4. The summed E-state index contributed by atoms with van der Waals surface area (Å²) in [5.74, 6) is 1.51. The molecule has 1 aliphatic heterocycles. The highest BCUT2D eigenvalue weighted by Crippen LogP contribution is 2.24. The van der Waals surface area contributed by atoms with E-state index >= 15 is 0 Å². The van der Waals surface area contributed by atoms with Crippen molar-refractivity contribution < 1.29 is 9.59 Å². The molecule has 1 aromatic heterocycles. The number of thioether (sulfide) groups is 1. The molecule has 0 radical (unpaired) electrons. The largest absolute Gasteiger partial charge is 0.355 e. The average Bonchev–Trinajstić information content (AvgIpc) is 2.63. The molecule has 0 spiro atoms. The van der Waals surface area contributed by atoms with Gasteiger partial charge in [-0.3, -0.25) is 9.59 Å². The number of amides is 2. The third kappa shape index (κ3) is 6.81. The lowest BCUT2D eigenvalue weighted by atomic mass is 10.1. The first-order valence-electron chi connectivity index (χ1n) is 9.78. The van der Waals surface area contributed by atoms with E-state index in [1.54, 1.807) is 6.07 Å². The highest BCUT2D eigenvalue weighted by Gasteiger charge is 2.28. The molecule has 1 fully saturated rings. The standard InChI is InChI=1S/C19H30ClN5O2S/c1-5-6-21-17(26)12-28-19-22-15(20)10-16(23-19)24-7-8-25(14(4)11-24)18(27)9-13(2)3/h10,13-14H,5-9,11-12H2,1-4H3,(H,21,26). The highest BCUT2D eigenvalue weighted by atomic mass is 35.5. The third-order valence-electron chi connectivity index (χ3n) is 4.42. The summed E-state index contributed by atoms with van der Waals surface area (Å²) in [6.07, 6.45) is 1.47. The maximum absolute atomic E-state index is 12.4. The molecule has 2 amide bonds. The quantitative estimate of drug-likeness (QED) is 0.390. The van der Waals surface area contributed by atoms with Gasteiger partial charge in [-0.1, -0.05) is 44.1 Å². The first kappa shape index (κ1) is 22.7. The zero-order valence-corrected chi connectivity index (χ0v) is 18.6. The number of hydrogen-bond acceptors (Lipinski definition) is 6. The summed E-state index contributed by atoms with van der Waals surface area (Å²) < 4.78 is 0. The second-order valence-corrected chi connectivity index (χ2v) is 8.78. The molecule has 9 heteroatoms. The van der Waals surface area contributed by atoms with E-state index in [1.165, 1.54) is 11.8 Å². The molecule has 1 aromatic rings. The highest BCUT2D eigenvalue weighted by molar-refractivity contribution is 7.99. The van der Waals surface area contributed by atoms with Gasteiger partial charge < -0.3 is 15.1 Å². The predicted octanol–water partition coefficient (Wildman–Crippen LogP) is 2.83. The van der Waals surface area contributed by atoms with Crippen LogP contribution in [0.25, 0.3) is 0 Å².